The molecule has 2 aromatic carbocycles. The summed E-state index contributed by atoms with van der Waals surface area (Å²) in [4.78, 5) is 24.0. The smallest absolute Gasteiger partial charge is 0.338 e. The van der Waals surface area contributed by atoms with Crippen LogP contribution in [0.4, 0.5) is 5.69 Å². The standard InChI is InChI=1S/C19H16BrN3O3/c1-2-26-19(25)13-5-9-15(10-6-13)21-18(24)17-11-16(22-23-17)12-3-7-14(20)8-4-12/h3-11H,2H2,1H3,(H,21,24)(H,22,23). The van der Waals surface area contributed by atoms with E-state index in [2.05, 4.69) is 31.4 Å². The van der Waals surface area contributed by atoms with E-state index < -0.39 is 5.97 Å². The highest BCUT2D eigenvalue weighted by molar-refractivity contribution is 9.10. The molecule has 0 saturated heterocycles. The molecule has 132 valence electrons. The van der Waals surface area contributed by atoms with Crippen molar-refractivity contribution in [2.45, 2.75) is 6.92 Å². The van der Waals surface area contributed by atoms with Crippen molar-refractivity contribution in [1.29, 1.82) is 0 Å². The maximum atomic E-state index is 12.4. The van der Waals surface area contributed by atoms with E-state index in [9.17, 15) is 9.59 Å². The molecule has 26 heavy (non-hydrogen) atoms. The van der Waals surface area contributed by atoms with Gasteiger partial charge in [-0.1, -0.05) is 28.1 Å². The Hall–Kier alpha value is -2.93. The maximum Gasteiger partial charge on any atom is 0.338 e. The Balaban J connectivity index is 1.68. The predicted octanol–water partition coefficient (Wildman–Crippen LogP) is 4.27. The zero-order valence-electron chi connectivity index (χ0n) is 14.0. The third-order valence-electron chi connectivity index (χ3n) is 3.62. The van der Waals surface area contributed by atoms with Gasteiger partial charge in [0.05, 0.1) is 17.9 Å². The number of nitrogens with one attached hydrogen (secondary N) is 2. The number of amides is 1. The van der Waals surface area contributed by atoms with E-state index >= 15 is 0 Å². The third kappa shape index (κ3) is 4.18. The summed E-state index contributed by atoms with van der Waals surface area (Å²) in [5, 5.41) is 9.67. The second kappa shape index (κ2) is 7.97. The van der Waals surface area contributed by atoms with Gasteiger partial charge in [0.1, 0.15) is 5.69 Å². The van der Waals surface area contributed by atoms with Gasteiger partial charge in [-0.25, -0.2) is 4.79 Å². The Labute approximate surface area is 158 Å². The van der Waals surface area contributed by atoms with E-state index in [1.54, 1.807) is 37.3 Å². The molecule has 0 atom stereocenters. The molecule has 6 nitrogen and oxygen atoms in total. The van der Waals surface area contributed by atoms with Gasteiger partial charge in [-0.2, -0.15) is 5.10 Å². The van der Waals surface area contributed by atoms with Gasteiger partial charge in [0.15, 0.2) is 0 Å². The lowest BCUT2D eigenvalue weighted by Gasteiger charge is -2.05. The summed E-state index contributed by atoms with van der Waals surface area (Å²) in [7, 11) is 0. The molecule has 0 bridgehead atoms. The average Bonchev–Trinajstić information content (AvgIpc) is 3.13. The Morgan fingerprint density at radius 2 is 1.81 bits per heavy atom. The van der Waals surface area contributed by atoms with Crippen molar-refractivity contribution in [2.75, 3.05) is 11.9 Å². The first-order valence-corrected chi connectivity index (χ1v) is 8.76. The number of aromatic nitrogens is 2. The first-order valence-electron chi connectivity index (χ1n) is 7.96. The Kier molecular flexibility index (Phi) is 5.48. The number of halogens is 1. The van der Waals surface area contributed by atoms with Gasteiger partial charge in [-0.05, 0) is 49.4 Å². The number of anilines is 1. The van der Waals surface area contributed by atoms with E-state index in [0.717, 1.165) is 10.0 Å². The van der Waals surface area contributed by atoms with Crippen LogP contribution in [0.2, 0.25) is 0 Å². The van der Waals surface area contributed by atoms with Crippen LogP contribution in [-0.4, -0.2) is 28.7 Å². The van der Waals surface area contributed by atoms with Crippen LogP contribution in [0, 0.1) is 0 Å². The molecule has 3 rings (SSSR count). The van der Waals surface area contributed by atoms with Crippen molar-refractivity contribution in [3.8, 4) is 11.3 Å². The van der Waals surface area contributed by atoms with Crippen LogP contribution in [0.15, 0.2) is 59.1 Å². The van der Waals surface area contributed by atoms with Crippen molar-refractivity contribution in [3.63, 3.8) is 0 Å². The van der Waals surface area contributed by atoms with E-state index in [1.807, 2.05) is 24.3 Å². The number of hydrogen-bond donors (Lipinski definition) is 2. The molecule has 1 aromatic heterocycles. The monoisotopic (exact) mass is 413 g/mol. The molecule has 7 heteroatoms. The fourth-order valence-corrected chi connectivity index (χ4v) is 2.57. The van der Waals surface area contributed by atoms with Gasteiger partial charge in [0, 0.05) is 15.7 Å². The number of nitrogens with zero attached hydrogens (tertiary/aromatic N) is 1. The number of carbonyl (C=O) groups is 2. The second-order valence-corrected chi connectivity index (χ2v) is 6.34. The fraction of sp³-hybridized carbons (Fsp3) is 0.105. The lowest BCUT2D eigenvalue weighted by molar-refractivity contribution is 0.0526. The van der Waals surface area contributed by atoms with Crippen LogP contribution in [0.5, 0.6) is 0 Å². The third-order valence-corrected chi connectivity index (χ3v) is 4.15. The number of carbonyl (C=O) groups excluding carboxylic acids is 2. The number of aromatic amines is 1. The van der Waals surface area contributed by atoms with Crippen LogP contribution < -0.4 is 5.32 Å². The van der Waals surface area contributed by atoms with Gasteiger partial charge in [-0.15, -0.1) is 0 Å². The quantitative estimate of drug-likeness (QED) is 0.611. The maximum absolute atomic E-state index is 12.4. The molecule has 0 saturated carbocycles. The number of hydrogen-bond acceptors (Lipinski definition) is 4. The van der Waals surface area contributed by atoms with E-state index in [0.29, 0.717) is 29.2 Å². The van der Waals surface area contributed by atoms with Crippen molar-refractivity contribution < 1.29 is 14.3 Å². The normalized spacial score (nSPS) is 10.4. The van der Waals surface area contributed by atoms with Crippen LogP contribution in [0.3, 0.4) is 0 Å². The number of esters is 1. The molecule has 3 aromatic rings. The lowest BCUT2D eigenvalue weighted by Crippen LogP contribution is -2.12. The molecule has 2 N–H and O–H groups in total. The van der Waals surface area contributed by atoms with E-state index in [4.69, 9.17) is 4.74 Å². The van der Waals surface area contributed by atoms with Gasteiger partial charge in [-0.3, -0.25) is 9.89 Å². The largest absolute Gasteiger partial charge is 0.462 e. The lowest BCUT2D eigenvalue weighted by atomic mass is 10.1. The summed E-state index contributed by atoms with van der Waals surface area (Å²) in [6.45, 7) is 2.07. The first-order chi connectivity index (χ1) is 12.6. The van der Waals surface area contributed by atoms with Gasteiger partial charge >= 0.3 is 5.97 Å². The summed E-state index contributed by atoms with van der Waals surface area (Å²) < 4.78 is 5.90. The molecule has 0 radical (unpaired) electrons. The minimum atomic E-state index is -0.391. The number of ether oxygens (including phenoxy) is 1. The number of rotatable bonds is 5. The summed E-state index contributed by atoms with van der Waals surface area (Å²) in [5.74, 6) is -0.706. The minimum absolute atomic E-state index is 0.315. The van der Waals surface area contributed by atoms with Crippen molar-refractivity contribution >= 4 is 33.5 Å². The van der Waals surface area contributed by atoms with Crippen molar-refractivity contribution in [3.05, 3.63) is 70.3 Å². The Morgan fingerprint density at radius 1 is 1.12 bits per heavy atom. The Morgan fingerprint density at radius 3 is 2.46 bits per heavy atom. The average molecular weight is 414 g/mol. The van der Waals surface area contributed by atoms with Gasteiger partial charge in [0.2, 0.25) is 0 Å². The summed E-state index contributed by atoms with van der Waals surface area (Å²) in [5.41, 5.74) is 2.94. The predicted molar refractivity (Wildman–Crippen MR) is 102 cm³/mol. The minimum Gasteiger partial charge on any atom is -0.462 e. The zero-order valence-corrected chi connectivity index (χ0v) is 15.5. The van der Waals surface area contributed by atoms with Gasteiger partial charge in [0.25, 0.3) is 5.91 Å². The zero-order chi connectivity index (χ0) is 18.5. The molecular formula is C19H16BrN3O3. The number of H-pyrrole nitrogens is 1. The van der Waals surface area contributed by atoms with Crippen LogP contribution in [0.1, 0.15) is 27.8 Å². The molecule has 0 aliphatic heterocycles. The highest BCUT2D eigenvalue weighted by Gasteiger charge is 2.12. The van der Waals surface area contributed by atoms with Crippen LogP contribution in [-0.2, 0) is 4.74 Å². The van der Waals surface area contributed by atoms with Crippen molar-refractivity contribution in [1.82, 2.24) is 10.2 Å². The molecule has 0 aliphatic rings. The highest BCUT2D eigenvalue weighted by Crippen LogP contribution is 2.21. The van der Waals surface area contributed by atoms with E-state index in [1.165, 1.54) is 0 Å². The first kappa shape index (κ1) is 17.9. The molecule has 0 fully saturated rings. The topological polar surface area (TPSA) is 84.1 Å². The summed E-state index contributed by atoms with van der Waals surface area (Å²) in [6, 6.07) is 15.8. The summed E-state index contributed by atoms with van der Waals surface area (Å²) >= 11 is 3.38. The fourth-order valence-electron chi connectivity index (χ4n) is 2.31. The van der Waals surface area contributed by atoms with Crippen LogP contribution in [0.25, 0.3) is 11.3 Å². The SMILES string of the molecule is CCOC(=O)c1ccc(NC(=O)c2cc(-c3ccc(Br)cc3)n[nH]2)cc1. The highest BCUT2D eigenvalue weighted by atomic mass is 79.9. The van der Waals surface area contributed by atoms with Gasteiger partial charge < -0.3 is 10.1 Å². The second-order valence-electron chi connectivity index (χ2n) is 5.43. The summed E-state index contributed by atoms with van der Waals surface area (Å²) in [6.07, 6.45) is 0. The number of benzene rings is 2. The Bertz CT molecular complexity index is 918. The van der Waals surface area contributed by atoms with Crippen molar-refractivity contribution in [2.24, 2.45) is 0 Å². The molecule has 1 heterocycles. The molecule has 1 amide bonds. The molecular weight excluding hydrogens is 398 g/mol. The van der Waals surface area contributed by atoms with Crippen LogP contribution >= 0.6 is 15.9 Å². The molecule has 0 aliphatic carbocycles. The molecule has 0 spiro atoms. The van der Waals surface area contributed by atoms with E-state index in [-0.39, 0.29) is 5.91 Å². The molecule has 0 unspecified atom stereocenters.